The van der Waals surface area contributed by atoms with Crippen LogP contribution in [0.5, 0.6) is 0 Å². The van der Waals surface area contributed by atoms with Gasteiger partial charge in [0.2, 0.25) is 0 Å². The molecule has 0 aliphatic carbocycles. The standard InChI is InChI=1S/C14H17N3O/c1-2-18-13(12-6-4-3-5-7-12)14-16-9-11(8-15)10-17-14/h3-7,9-10,13H,2,8,15H2,1H3. The van der Waals surface area contributed by atoms with E-state index in [-0.39, 0.29) is 6.10 Å². The van der Waals surface area contributed by atoms with Gasteiger partial charge in [0, 0.05) is 31.1 Å². The van der Waals surface area contributed by atoms with Gasteiger partial charge < -0.3 is 10.5 Å². The molecule has 0 aliphatic rings. The van der Waals surface area contributed by atoms with Crippen molar-refractivity contribution in [3.63, 3.8) is 0 Å². The molecular formula is C14H17N3O. The number of nitrogens with two attached hydrogens (primary N) is 1. The van der Waals surface area contributed by atoms with Gasteiger partial charge in [0.15, 0.2) is 5.82 Å². The second-order valence-electron chi connectivity index (χ2n) is 3.90. The first-order chi connectivity index (χ1) is 8.85. The van der Waals surface area contributed by atoms with E-state index in [0.717, 1.165) is 11.1 Å². The fraction of sp³-hybridized carbons (Fsp3) is 0.286. The van der Waals surface area contributed by atoms with E-state index < -0.39 is 0 Å². The molecule has 1 atom stereocenters. The van der Waals surface area contributed by atoms with Gasteiger partial charge in [-0.2, -0.15) is 0 Å². The zero-order valence-corrected chi connectivity index (χ0v) is 10.4. The Kier molecular flexibility index (Phi) is 4.39. The molecule has 0 spiro atoms. The van der Waals surface area contributed by atoms with Crippen molar-refractivity contribution >= 4 is 0 Å². The van der Waals surface area contributed by atoms with Gasteiger partial charge in [0.1, 0.15) is 6.10 Å². The van der Waals surface area contributed by atoms with E-state index in [1.54, 1.807) is 12.4 Å². The molecule has 1 unspecified atom stereocenters. The predicted octanol–water partition coefficient (Wildman–Crippen LogP) is 2.06. The van der Waals surface area contributed by atoms with E-state index in [1.165, 1.54) is 0 Å². The average molecular weight is 243 g/mol. The van der Waals surface area contributed by atoms with Crippen molar-refractivity contribution in [2.75, 3.05) is 6.61 Å². The summed E-state index contributed by atoms with van der Waals surface area (Å²) >= 11 is 0. The van der Waals surface area contributed by atoms with Gasteiger partial charge in [-0.3, -0.25) is 0 Å². The van der Waals surface area contributed by atoms with Crippen LogP contribution in [0.2, 0.25) is 0 Å². The molecule has 1 heterocycles. The SMILES string of the molecule is CCOC(c1ccccc1)c1ncc(CN)cn1. The lowest BCUT2D eigenvalue weighted by Crippen LogP contribution is -2.11. The number of nitrogens with zero attached hydrogens (tertiary/aromatic N) is 2. The monoisotopic (exact) mass is 243 g/mol. The zero-order valence-electron chi connectivity index (χ0n) is 10.4. The Morgan fingerprint density at radius 3 is 2.39 bits per heavy atom. The third kappa shape index (κ3) is 2.91. The third-order valence-corrected chi connectivity index (χ3v) is 2.63. The third-order valence-electron chi connectivity index (χ3n) is 2.63. The lowest BCUT2D eigenvalue weighted by molar-refractivity contribution is 0.0850. The van der Waals surface area contributed by atoms with Gasteiger partial charge in [-0.05, 0) is 12.5 Å². The Morgan fingerprint density at radius 1 is 1.17 bits per heavy atom. The van der Waals surface area contributed by atoms with E-state index in [4.69, 9.17) is 10.5 Å². The average Bonchev–Trinajstić information content (AvgIpc) is 2.46. The van der Waals surface area contributed by atoms with Crippen LogP contribution < -0.4 is 5.73 Å². The van der Waals surface area contributed by atoms with Crippen LogP contribution in [0.15, 0.2) is 42.7 Å². The number of hydrogen-bond acceptors (Lipinski definition) is 4. The molecule has 2 aromatic rings. The van der Waals surface area contributed by atoms with Gasteiger partial charge in [0.05, 0.1) is 0 Å². The predicted molar refractivity (Wildman–Crippen MR) is 69.8 cm³/mol. The van der Waals surface area contributed by atoms with Gasteiger partial charge in [-0.25, -0.2) is 9.97 Å². The van der Waals surface area contributed by atoms with Crippen molar-refractivity contribution in [3.8, 4) is 0 Å². The molecule has 0 saturated carbocycles. The second kappa shape index (κ2) is 6.23. The molecule has 0 radical (unpaired) electrons. The quantitative estimate of drug-likeness (QED) is 0.873. The summed E-state index contributed by atoms with van der Waals surface area (Å²) in [6.07, 6.45) is 3.28. The van der Waals surface area contributed by atoms with E-state index in [0.29, 0.717) is 19.0 Å². The fourth-order valence-electron chi connectivity index (χ4n) is 1.72. The number of ether oxygens (including phenoxy) is 1. The molecule has 0 aliphatic heterocycles. The maximum atomic E-state index is 5.73. The minimum atomic E-state index is -0.219. The van der Waals surface area contributed by atoms with Crippen molar-refractivity contribution in [2.24, 2.45) is 5.73 Å². The minimum absolute atomic E-state index is 0.219. The Balaban J connectivity index is 2.29. The first-order valence-corrected chi connectivity index (χ1v) is 6.02. The topological polar surface area (TPSA) is 61.0 Å². The molecule has 1 aromatic carbocycles. The fourth-order valence-corrected chi connectivity index (χ4v) is 1.72. The van der Waals surface area contributed by atoms with E-state index >= 15 is 0 Å². The first kappa shape index (κ1) is 12.7. The van der Waals surface area contributed by atoms with Crippen LogP contribution in [0.3, 0.4) is 0 Å². The lowest BCUT2D eigenvalue weighted by atomic mass is 10.1. The Bertz CT molecular complexity index is 470. The molecule has 1 aromatic heterocycles. The summed E-state index contributed by atoms with van der Waals surface area (Å²) in [6, 6.07) is 9.97. The number of hydrogen-bond donors (Lipinski definition) is 1. The normalized spacial score (nSPS) is 12.3. The minimum Gasteiger partial charge on any atom is -0.366 e. The summed E-state index contributed by atoms with van der Waals surface area (Å²) in [4.78, 5) is 8.66. The maximum absolute atomic E-state index is 5.73. The molecule has 4 heteroatoms. The first-order valence-electron chi connectivity index (χ1n) is 6.02. The Labute approximate surface area is 107 Å². The molecular weight excluding hydrogens is 226 g/mol. The van der Waals surface area contributed by atoms with E-state index in [1.807, 2.05) is 37.3 Å². The van der Waals surface area contributed by atoms with E-state index in [2.05, 4.69) is 9.97 Å². The van der Waals surface area contributed by atoms with Crippen LogP contribution in [0.1, 0.15) is 30.0 Å². The molecule has 0 bridgehead atoms. The lowest BCUT2D eigenvalue weighted by Gasteiger charge is -2.16. The maximum Gasteiger partial charge on any atom is 0.161 e. The van der Waals surface area contributed by atoms with Gasteiger partial charge >= 0.3 is 0 Å². The summed E-state index contributed by atoms with van der Waals surface area (Å²) in [5.41, 5.74) is 7.51. The van der Waals surface area contributed by atoms with E-state index in [9.17, 15) is 0 Å². The molecule has 2 rings (SSSR count). The van der Waals surface area contributed by atoms with Crippen molar-refractivity contribution in [3.05, 3.63) is 59.7 Å². The Morgan fingerprint density at radius 2 is 1.83 bits per heavy atom. The van der Waals surface area contributed by atoms with Gasteiger partial charge in [-0.1, -0.05) is 30.3 Å². The zero-order chi connectivity index (χ0) is 12.8. The van der Waals surface area contributed by atoms with Crippen molar-refractivity contribution in [1.29, 1.82) is 0 Å². The molecule has 0 amide bonds. The van der Waals surface area contributed by atoms with Crippen molar-refractivity contribution < 1.29 is 4.74 Å². The van der Waals surface area contributed by atoms with Crippen LogP contribution in [0, 0.1) is 0 Å². The van der Waals surface area contributed by atoms with Crippen molar-refractivity contribution in [2.45, 2.75) is 19.6 Å². The smallest absolute Gasteiger partial charge is 0.161 e. The summed E-state index contributed by atoms with van der Waals surface area (Å²) in [5, 5.41) is 0. The number of benzene rings is 1. The molecule has 94 valence electrons. The second-order valence-corrected chi connectivity index (χ2v) is 3.90. The van der Waals surface area contributed by atoms with Crippen molar-refractivity contribution in [1.82, 2.24) is 9.97 Å². The highest BCUT2D eigenvalue weighted by atomic mass is 16.5. The summed E-state index contributed by atoms with van der Waals surface area (Å²) < 4.78 is 5.73. The van der Waals surface area contributed by atoms with Crippen LogP contribution in [0.4, 0.5) is 0 Å². The Hall–Kier alpha value is -1.78. The van der Waals surface area contributed by atoms with Gasteiger partial charge in [0.25, 0.3) is 0 Å². The number of aromatic nitrogens is 2. The summed E-state index contributed by atoms with van der Waals surface area (Å²) in [5.74, 6) is 0.667. The van der Waals surface area contributed by atoms with Gasteiger partial charge in [-0.15, -0.1) is 0 Å². The van der Waals surface area contributed by atoms with Crippen LogP contribution in [0.25, 0.3) is 0 Å². The summed E-state index contributed by atoms with van der Waals surface area (Å²) in [6.45, 7) is 3.02. The van der Waals surface area contributed by atoms with Crippen LogP contribution >= 0.6 is 0 Å². The highest BCUT2D eigenvalue weighted by Gasteiger charge is 2.16. The van der Waals surface area contributed by atoms with Crippen LogP contribution in [-0.2, 0) is 11.3 Å². The molecule has 2 N–H and O–H groups in total. The highest BCUT2D eigenvalue weighted by Crippen LogP contribution is 2.22. The molecule has 4 nitrogen and oxygen atoms in total. The van der Waals surface area contributed by atoms with Crippen LogP contribution in [-0.4, -0.2) is 16.6 Å². The number of rotatable bonds is 5. The largest absolute Gasteiger partial charge is 0.366 e. The molecule has 18 heavy (non-hydrogen) atoms. The molecule has 0 fully saturated rings. The summed E-state index contributed by atoms with van der Waals surface area (Å²) in [7, 11) is 0. The molecule has 0 saturated heterocycles. The highest BCUT2D eigenvalue weighted by molar-refractivity contribution is 5.23.